The zero-order chi connectivity index (χ0) is 44.3. The minimum atomic E-state index is -0.440. The highest BCUT2D eigenvalue weighted by Gasteiger charge is 2.46. The molecule has 1 aliphatic carbocycles. The van der Waals surface area contributed by atoms with E-state index in [-0.39, 0.29) is 0 Å². The Labute approximate surface area is 389 Å². The first-order chi connectivity index (χ1) is 33.2. The van der Waals surface area contributed by atoms with Gasteiger partial charge in [-0.3, -0.25) is 0 Å². The van der Waals surface area contributed by atoms with Gasteiger partial charge in [0.2, 0.25) is 0 Å². The summed E-state index contributed by atoms with van der Waals surface area (Å²) in [5, 5.41) is 7.47. The molecular formula is C64H41N3. The Morgan fingerprint density at radius 1 is 0.239 bits per heavy atom. The molecule has 0 unspecified atom stereocenters. The standard InChI is InChI=1S/C64H41N3/c1-5-18-43(19-6-1)61-65-62(44-20-7-2-8-21-44)67-63(66-61)45-34-32-42(33-35-45)46-36-38-55-56(40-46)52-27-14-13-26-51(52)54-30-17-29-50(60(54)55)47-37-39-59-57(41-47)53-28-15-16-31-58(53)64(59,48-22-9-3-10-23-48)49-24-11-4-12-25-49/h1-41H. The van der Waals surface area contributed by atoms with Crippen molar-refractivity contribution < 1.29 is 0 Å². The molecule has 67 heavy (non-hydrogen) atoms. The van der Waals surface area contributed by atoms with Crippen LogP contribution in [-0.4, -0.2) is 15.0 Å². The second kappa shape index (κ2) is 15.7. The highest BCUT2D eigenvalue weighted by atomic mass is 15.0. The molecule has 3 nitrogen and oxygen atoms in total. The monoisotopic (exact) mass is 851 g/mol. The normalized spacial score (nSPS) is 12.6. The van der Waals surface area contributed by atoms with Gasteiger partial charge in [-0.25, -0.2) is 15.0 Å². The fourth-order valence-electron chi connectivity index (χ4n) is 10.8. The average Bonchev–Trinajstić information content (AvgIpc) is 3.72. The van der Waals surface area contributed by atoms with Gasteiger partial charge in [0.15, 0.2) is 17.5 Å². The lowest BCUT2D eigenvalue weighted by Gasteiger charge is -2.33. The highest BCUT2D eigenvalue weighted by molar-refractivity contribution is 6.29. The molecule has 0 aliphatic heterocycles. The molecule has 0 bridgehead atoms. The summed E-state index contributed by atoms with van der Waals surface area (Å²) in [5.74, 6) is 1.95. The van der Waals surface area contributed by atoms with Gasteiger partial charge in [0.05, 0.1) is 5.41 Å². The molecular weight excluding hydrogens is 811 g/mol. The minimum Gasteiger partial charge on any atom is -0.208 e. The molecule has 0 fully saturated rings. The van der Waals surface area contributed by atoms with Crippen molar-refractivity contribution in [2.45, 2.75) is 5.41 Å². The van der Waals surface area contributed by atoms with Crippen molar-refractivity contribution in [3.63, 3.8) is 0 Å². The van der Waals surface area contributed by atoms with E-state index in [1.807, 2.05) is 60.7 Å². The zero-order valence-corrected chi connectivity index (χ0v) is 36.5. The number of hydrogen-bond acceptors (Lipinski definition) is 3. The third kappa shape index (κ3) is 6.24. The van der Waals surface area contributed by atoms with Crippen LogP contribution >= 0.6 is 0 Å². The molecule has 1 heterocycles. The molecule has 0 radical (unpaired) electrons. The molecule has 11 aromatic carbocycles. The number of aromatic nitrogens is 3. The molecule has 0 N–H and O–H groups in total. The Balaban J connectivity index is 0.947. The van der Waals surface area contributed by atoms with Crippen molar-refractivity contribution in [1.29, 1.82) is 0 Å². The Kier molecular flexibility index (Phi) is 9.07. The lowest BCUT2D eigenvalue weighted by atomic mass is 9.67. The predicted molar refractivity (Wildman–Crippen MR) is 277 cm³/mol. The molecule has 0 amide bonds. The number of nitrogens with zero attached hydrogens (tertiary/aromatic N) is 3. The van der Waals surface area contributed by atoms with Gasteiger partial charge >= 0.3 is 0 Å². The first-order valence-electron chi connectivity index (χ1n) is 22.9. The maximum absolute atomic E-state index is 4.98. The zero-order valence-electron chi connectivity index (χ0n) is 36.5. The summed E-state index contributed by atoms with van der Waals surface area (Å²) in [6.07, 6.45) is 0. The minimum absolute atomic E-state index is 0.440. The van der Waals surface area contributed by atoms with Gasteiger partial charge in [-0.15, -0.1) is 0 Å². The summed E-state index contributed by atoms with van der Waals surface area (Å²) < 4.78 is 0. The average molecular weight is 852 g/mol. The molecule has 3 heteroatoms. The highest BCUT2D eigenvalue weighted by Crippen LogP contribution is 2.57. The summed E-state index contributed by atoms with van der Waals surface area (Å²) in [6.45, 7) is 0. The maximum atomic E-state index is 4.98. The van der Waals surface area contributed by atoms with Crippen LogP contribution in [0.3, 0.4) is 0 Å². The Bertz CT molecular complexity index is 3730. The smallest absolute Gasteiger partial charge is 0.164 e. The van der Waals surface area contributed by atoms with E-state index in [0.29, 0.717) is 17.5 Å². The summed E-state index contributed by atoms with van der Waals surface area (Å²) in [4.78, 5) is 14.9. The van der Waals surface area contributed by atoms with Crippen LogP contribution in [0.5, 0.6) is 0 Å². The Morgan fingerprint density at radius 3 is 1.30 bits per heavy atom. The third-order valence-electron chi connectivity index (χ3n) is 13.8. The molecule has 0 saturated carbocycles. The van der Waals surface area contributed by atoms with E-state index in [1.54, 1.807) is 0 Å². The summed E-state index contributed by atoms with van der Waals surface area (Å²) in [6, 6.07) is 89.8. The van der Waals surface area contributed by atoms with Gasteiger partial charge in [-0.1, -0.05) is 237 Å². The SMILES string of the molecule is c1ccc(-c2nc(-c3ccccc3)nc(-c3ccc(-c4ccc5c(c4)c4ccccc4c4cccc(-c6ccc7c(c6)-c6ccccc6C7(c6ccccc6)c6ccccc6)c45)cc3)n2)cc1. The molecule has 0 atom stereocenters. The van der Waals surface area contributed by atoms with Gasteiger partial charge < -0.3 is 0 Å². The fraction of sp³-hybridized carbons (Fsp3) is 0.0156. The lowest BCUT2D eigenvalue weighted by Crippen LogP contribution is -2.28. The lowest BCUT2D eigenvalue weighted by molar-refractivity contribution is 0.768. The molecule has 0 saturated heterocycles. The third-order valence-corrected chi connectivity index (χ3v) is 13.8. The topological polar surface area (TPSA) is 38.7 Å². The number of benzene rings is 11. The van der Waals surface area contributed by atoms with Gasteiger partial charge in [0.25, 0.3) is 0 Å². The number of rotatable bonds is 7. The first kappa shape index (κ1) is 38.6. The van der Waals surface area contributed by atoms with E-state index in [9.17, 15) is 0 Å². The van der Waals surface area contributed by atoms with E-state index < -0.39 is 5.41 Å². The number of hydrogen-bond donors (Lipinski definition) is 0. The van der Waals surface area contributed by atoms with E-state index >= 15 is 0 Å². The van der Waals surface area contributed by atoms with Crippen molar-refractivity contribution in [2.24, 2.45) is 0 Å². The second-order valence-corrected chi connectivity index (χ2v) is 17.4. The summed E-state index contributed by atoms with van der Waals surface area (Å²) >= 11 is 0. The van der Waals surface area contributed by atoms with Crippen LogP contribution < -0.4 is 0 Å². The van der Waals surface area contributed by atoms with Crippen LogP contribution in [0.15, 0.2) is 249 Å². The van der Waals surface area contributed by atoms with Gasteiger partial charge in [-0.05, 0) is 100 Å². The van der Waals surface area contributed by atoms with E-state index in [1.165, 1.54) is 76.8 Å². The van der Waals surface area contributed by atoms with Crippen LogP contribution in [0.1, 0.15) is 22.3 Å². The van der Waals surface area contributed by atoms with Crippen molar-refractivity contribution in [3.8, 4) is 67.5 Å². The molecule has 12 aromatic rings. The summed E-state index contributed by atoms with van der Waals surface area (Å²) in [7, 11) is 0. The van der Waals surface area contributed by atoms with Gasteiger partial charge in [0, 0.05) is 16.7 Å². The Morgan fingerprint density at radius 2 is 0.672 bits per heavy atom. The largest absolute Gasteiger partial charge is 0.208 e. The van der Waals surface area contributed by atoms with E-state index in [2.05, 4.69) is 188 Å². The quantitative estimate of drug-likeness (QED) is 0.150. The first-order valence-corrected chi connectivity index (χ1v) is 22.9. The fourth-order valence-corrected chi connectivity index (χ4v) is 10.8. The molecule has 1 aromatic heterocycles. The second-order valence-electron chi connectivity index (χ2n) is 17.4. The Hall–Kier alpha value is -8.79. The van der Waals surface area contributed by atoms with Crippen molar-refractivity contribution in [3.05, 3.63) is 271 Å². The van der Waals surface area contributed by atoms with Crippen LogP contribution in [-0.2, 0) is 5.41 Å². The van der Waals surface area contributed by atoms with Crippen molar-refractivity contribution >= 4 is 32.3 Å². The van der Waals surface area contributed by atoms with E-state index in [4.69, 9.17) is 15.0 Å². The summed E-state index contributed by atoms with van der Waals surface area (Å²) in [5.41, 5.74) is 14.8. The molecule has 312 valence electrons. The van der Waals surface area contributed by atoms with Gasteiger partial charge in [0.1, 0.15) is 0 Å². The van der Waals surface area contributed by atoms with Crippen LogP contribution in [0.25, 0.3) is 99.9 Å². The van der Waals surface area contributed by atoms with Crippen LogP contribution in [0.4, 0.5) is 0 Å². The predicted octanol–water partition coefficient (Wildman–Crippen LogP) is 16.0. The maximum Gasteiger partial charge on any atom is 0.164 e. The van der Waals surface area contributed by atoms with Crippen molar-refractivity contribution in [2.75, 3.05) is 0 Å². The van der Waals surface area contributed by atoms with Gasteiger partial charge in [-0.2, -0.15) is 0 Å². The van der Waals surface area contributed by atoms with E-state index in [0.717, 1.165) is 27.8 Å². The molecule has 0 spiro atoms. The van der Waals surface area contributed by atoms with Crippen molar-refractivity contribution in [1.82, 2.24) is 15.0 Å². The molecule has 1 aliphatic rings. The molecule has 13 rings (SSSR count). The van der Waals surface area contributed by atoms with Crippen LogP contribution in [0.2, 0.25) is 0 Å². The van der Waals surface area contributed by atoms with Crippen LogP contribution in [0, 0.1) is 0 Å². The number of fused-ring (bicyclic) bond motifs is 9.